The lowest BCUT2D eigenvalue weighted by Gasteiger charge is -2.27. The number of nitrogens with one attached hydrogen (secondary N) is 1. The van der Waals surface area contributed by atoms with Crippen LogP contribution in [-0.2, 0) is 13.0 Å². The van der Waals surface area contributed by atoms with Crippen molar-refractivity contribution >= 4 is 5.82 Å². The number of nitrogens with zero attached hydrogens (tertiary/aromatic N) is 3. The van der Waals surface area contributed by atoms with E-state index in [-0.39, 0.29) is 0 Å². The van der Waals surface area contributed by atoms with E-state index in [1.165, 1.54) is 29.9 Å². The van der Waals surface area contributed by atoms with Gasteiger partial charge in [-0.3, -0.25) is 0 Å². The number of fused-ring (bicyclic) bond motifs is 1. The summed E-state index contributed by atoms with van der Waals surface area (Å²) in [5, 5.41) is 0. The topological polar surface area (TPSA) is 44.8 Å². The zero-order chi connectivity index (χ0) is 11.9. The van der Waals surface area contributed by atoms with Gasteiger partial charge in [-0.2, -0.15) is 0 Å². The molecule has 4 rings (SSSR count). The number of hydrogen-bond acceptors (Lipinski definition) is 3. The van der Waals surface area contributed by atoms with Crippen LogP contribution >= 0.6 is 0 Å². The molecule has 3 heterocycles. The molecule has 1 aliphatic heterocycles. The van der Waals surface area contributed by atoms with Crippen molar-refractivity contribution in [2.75, 3.05) is 11.4 Å². The second-order valence-corrected chi connectivity index (χ2v) is 5.19. The third-order valence-corrected chi connectivity index (χ3v) is 3.85. The summed E-state index contributed by atoms with van der Waals surface area (Å²) in [7, 11) is 0. The van der Waals surface area contributed by atoms with Crippen molar-refractivity contribution in [1.82, 2.24) is 15.0 Å². The van der Waals surface area contributed by atoms with Gasteiger partial charge >= 0.3 is 0 Å². The van der Waals surface area contributed by atoms with Crippen LogP contribution in [0.4, 0.5) is 5.82 Å². The fourth-order valence-corrected chi connectivity index (χ4v) is 2.63. The van der Waals surface area contributed by atoms with Gasteiger partial charge in [0.2, 0.25) is 0 Å². The van der Waals surface area contributed by atoms with E-state index < -0.39 is 0 Å². The Hall–Kier alpha value is -1.84. The van der Waals surface area contributed by atoms with Crippen LogP contribution in [-0.4, -0.2) is 21.5 Å². The molecule has 0 saturated heterocycles. The fourth-order valence-electron chi connectivity index (χ4n) is 2.63. The van der Waals surface area contributed by atoms with Crippen molar-refractivity contribution in [2.24, 2.45) is 0 Å². The van der Waals surface area contributed by atoms with E-state index in [9.17, 15) is 0 Å². The summed E-state index contributed by atoms with van der Waals surface area (Å²) >= 11 is 0. The van der Waals surface area contributed by atoms with Crippen LogP contribution < -0.4 is 4.90 Å². The van der Waals surface area contributed by atoms with Gasteiger partial charge in [0.15, 0.2) is 0 Å². The molecule has 2 aromatic rings. The summed E-state index contributed by atoms with van der Waals surface area (Å²) in [4.78, 5) is 14.7. The van der Waals surface area contributed by atoms with E-state index in [2.05, 4.69) is 33.1 Å². The lowest BCUT2D eigenvalue weighted by atomic mass is 10.1. The number of H-pyrrole nitrogens is 1. The minimum atomic E-state index is 0.720. The summed E-state index contributed by atoms with van der Waals surface area (Å²) in [5.41, 5.74) is 3.72. The molecule has 18 heavy (non-hydrogen) atoms. The molecule has 1 N–H and O–H groups in total. The lowest BCUT2D eigenvalue weighted by Crippen LogP contribution is -2.31. The molecule has 0 amide bonds. The number of anilines is 1. The first kappa shape index (κ1) is 10.1. The largest absolute Gasteiger partial charge is 0.350 e. The highest BCUT2D eigenvalue weighted by Crippen LogP contribution is 2.39. The Morgan fingerprint density at radius 3 is 3.11 bits per heavy atom. The summed E-state index contributed by atoms with van der Waals surface area (Å²) in [6.45, 7) is 1.91. The van der Waals surface area contributed by atoms with Gasteiger partial charge in [-0.05, 0) is 25.0 Å². The Kier molecular flexibility index (Phi) is 2.15. The molecule has 0 unspecified atom stereocenters. The molecule has 92 valence electrons. The van der Waals surface area contributed by atoms with E-state index in [0.29, 0.717) is 0 Å². The van der Waals surface area contributed by atoms with Gasteiger partial charge in [-0.25, -0.2) is 9.97 Å². The van der Waals surface area contributed by atoms with Gasteiger partial charge < -0.3 is 9.88 Å². The highest BCUT2D eigenvalue weighted by atomic mass is 15.2. The molecule has 4 heteroatoms. The quantitative estimate of drug-likeness (QED) is 0.875. The number of aromatic nitrogens is 3. The average Bonchev–Trinajstić information content (AvgIpc) is 3.17. The summed E-state index contributed by atoms with van der Waals surface area (Å²) in [6.07, 6.45) is 5.42. The van der Waals surface area contributed by atoms with Crippen LogP contribution in [0, 0.1) is 0 Å². The fraction of sp³-hybridized carbons (Fsp3) is 0.429. The predicted octanol–water partition coefficient (Wildman–Crippen LogP) is 2.24. The number of pyridine rings is 1. The zero-order valence-electron chi connectivity index (χ0n) is 10.3. The third-order valence-electron chi connectivity index (χ3n) is 3.85. The molecule has 2 aliphatic rings. The Bertz CT molecular complexity index is 571. The molecule has 0 bridgehead atoms. The van der Waals surface area contributed by atoms with Crippen molar-refractivity contribution in [3.05, 3.63) is 41.6 Å². The molecule has 1 saturated carbocycles. The smallest absolute Gasteiger partial charge is 0.129 e. The highest BCUT2D eigenvalue weighted by molar-refractivity contribution is 5.43. The van der Waals surface area contributed by atoms with Gasteiger partial charge in [0.1, 0.15) is 5.82 Å². The van der Waals surface area contributed by atoms with Crippen LogP contribution in [0.15, 0.2) is 24.5 Å². The molecule has 1 aliphatic carbocycles. The normalized spacial score (nSPS) is 18.8. The SMILES string of the molecule is c1cc(C2CC2)nc(N2CCc3nc[nH]c3C2)c1. The number of imidazole rings is 1. The Balaban J connectivity index is 1.62. The molecule has 1 fully saturated rings. The van der Waals surface area contributed by atoms with Crippen LogP contribution in [0.2, 0.25) is 0 Å². The van der Waals surface area contributed by atoms with Crippen LogP contribution in [0.5, 0.6) is 0 Å². The standard InChI is InChI=1S/C14H16N4/c1-2-11(10-4-5-10)17-14(3-1)18-7-6-12-13(8-18)16-9-15-12/h1-3,9-10H,4-8H2,(H,15,16). The molecule has 4 nitrogen and oxygen atoms in total. The van der Waals surface area contributed by atoms with Gasteiger partial charge in [0.05, 0.1) is 24.3 Å². The first-order valence-corrected chi connectivity index (χ1v) is 6.63. The summed E-state index contributed by atoms with van der Waals surface area (Å²) < 4.78 is 0. The second-order valence-electron chi connectivity index (χ2n) is 5.19. The van der Waals surface area contributed by atoms with E-state index in [1.54, 1.807) is 6.33 Å². The number of hydrogen-bond donors (Lipinski definition) is 1. The minimum Gasteiger partial charge on any atom is -0.350 e. The van der Waals surface area contributed by atoms with Crippen LogP contribution in [0.3, 0.4) is 0 Å². The maximum Gasteiger partial charge on any atom is 0.129 e. The molecule has 2 aromatic heterocycles. The van der Waals surface area contributed by atoms with E-state index in [0.717, 1.165) is 31.2 Å². The second kappa shape index (κ2) is 3.83. The van der Waals surface area contributed by atoms with E-state index >= 15 is 0 Å². The molecule has 0 radical (unpaired) electrons. The minimum absolute atomic E-state index is 0.720. The maximum absolute atomic E-state index is 4.81. The monoisotopic (exact) mass is 240 g/mol. The van der Waals surface area contributed by atoms with Crippen LogP contribution in [0.1, 0.15) is 35.8 Å². The first-order valence-electron chi connectivity index (χ1n) is 6.63. The summed E-state index contributed by atoms with van der Waals surface area (Å²) in [6, 6.07) is 6.42. The molecule has 0 spiro atoms. The van der Waals surface area contributed by atoms with Gasteiger partial charge in [-0.15, -0.1) is 0 Å². The van der Waals surface area contributed by atoms with Gasteiger partial charge in [0.25, 0.3) is 0 Å². The maximum atomic E-state index is 4.81. The van der Waals surface area contributed by atoms with Gasteiger partial charge in [0, 0.05) is 24.6 Å². The number of aromatic amines is 1. The van der Waals surface area contributed by atoms with E-state index in [4.69, 9.17) is 4.98 Å². The van der Waals surface area contributed by atoms with Crippen molar-refractivity contribution in [3.8, 4) is 0 Å². The van der Waals surface area contributed by atoms with Crippen LogP contribution in [0.25, 0.3) is 0 Å². The number of rotatable bonds is 2. The van der Waals surface area contributed by atoms with E-state index in [1.807, 2.05) is 0 Å². The molecule has 0 aromatic carbocycles. The van der Waals surface area contributed by atoms with Crippen molar-refractivity contribution < 1.29 is 0 Å². The summed E-state index contributed by atoms with van der Waals surface area (Å²) in [5.74, 6) is 1.83. The highest BCUT2D eigenvalue weighted by Gasteiger charge is 2.26. The lowest BCUT2D eigenvalue weighted by molar-refractivity contribution is 0.699. The van der Waals surface area contributed by atoms with Crippen molar-refractivity contribution in [1.29, 1.82) is 0 Å². The Labute approximate surface area is 106 Å². The molecular formula is C14H16N4. The Morgan fingerprint density at radius 2 is 2.22 bits per heavy atom. The average molecular weight is 240 g/mol. The van der Waals surface area contributed by atoms with Crippen molar-refractivity contribution in [2.45, 2.75) is 31.7 Å². The first-order chi connectivity index (χ1) is 8.90. The Morgan fingerprint density at radius 1 is 1.28 bits per heavy atom. The third kappa shape index (κ3) is 1.68. The van der Waals surface area contributed by atoms with Gasteiger partial charge in [-0.1, -0.05) is 6.07 Å². The molecule has 0 atom stereocenters. The predicted molar refractivity (Wildman–Crippen MR) is 69.6 cm³/mol. The zero-order valence-corrected chi connectivity index (χ0v) is 10.3. The van der Waals surface area contributed by atoms with Crippen molar-refractivity contribution in [3.63, 3.8) is 0 Å². The molecular weight excluding hydrogens is 224 g/mol.